The van der Waals surface area contributed by atoms with E-state index in [-0.39, 0.29) is 4.47 Å². The van der Waals surface area contributed by atoms with Gasteiger partial charge in [-0.25, -0.2) is 21.9 Å². The molecule has 7 heteroatoms. The van der Waals surface area contributed by atoms with Gasteiger partial charge in [0.2, 0.25) is 10.0 Å². The fraction of sp³-hybridized carbons (Fsp3) is 0.143. The standard InChI is InChI=1S/C14H12BrF2NO2S/c1-9(10-5-3-2-4-6-10)18-21(19,20)14-12(15)7-11(16)8-13(14)17/h2-9,18H,1H3/t9-/m1/s1. The average molecular weight is 376 g/mol. The summed E-state index contributed by atoms with van der Waals surface area (Å²) in [6.45, 7) is 1.64. The molecule has 21 heavy (non-hydrogen) atoms. The number of rotatable bonds is 4. The Kier molecular flexibility index (Phi) is 4.75. The van der Waals surface area contributed by atoms with Gasteiger partial charge in [-0.3, -0.25) is 0 Å². The van der Waals surface area contributed by atoms with Gasteiger partial charge in [-0.1, -0.05) is 30.3 Å². The van der Waals surface area contributed by atoms with Gasteiger partial charge in [0.1, 0.15) is 16.5 Å². The van der Waals surface area contributed by atoms with Crippen molar-refractivity contribution in [3.8, 4) is 0 Å². The van der Waals surface area contributed by atoms with Gasteiger partial charge in [-0.15, -0.1) is 0 Å². The van der Waals surface area contributed by atoms with Crippen molar-refractivity contribution in [1.82, 2.24) is 4.72 Å². The second kappa shape index (κ2) is 6.21. The first-order chi connectivity index (χ1) is 9.81. The Bertz CT molecular complexity index is 728. The van der Waals surface area contributed by atoms with Crippen molar-refractivity contribution in [3.63, 3.8) is 0 Å². The van der Waals surface area contributed by atoms with Crippen molar-refractivity contribution in [3.05, 3.63) is 64.1 Å². The predicted molar refractivity (Wildman–Crippen MR) is 79.2 cm³/mol. The molecular formula is C14H12BrF2NO2S. The van der Waals surface area contributed by atoms with Crippen LogP contribution < -0.4 is 4.72 Å². The van der Waals surface area contributed by atoms with Crippen LogP contribution in [0, 0.1) is 11.6 Å². The summed E-state index contributed by atoms with van der Waals surface area (Å²) in [6, 6.07) is 9.75. The third-order valence-corrected chi connectivity index (χ3v) is 5.37. The summed E-state index contributed by atoms with van der Waals surface area (Å²) >= 11 is 2.88. The van der Waals surface area contributed by atoms with Crippen LogP contribution in [0.2, 0.25) is 0 Å². The lowest BCUT2D eigenvalue weighted by molar-refractivity contribution is 0.534. The molecule has 112 valence electrons. The molecule has 0 heterocycles. The van der Waals surface area contributed by atoms with Gasteiger partial charge in [0.15, 0.2) is 0 Å². The monoisotopic (exact) mass is 375 g/mol. The van der Waals surface area contributed by atoms with E-state index in [1.165, 1.54) is 0 Å². The molecule has 3 nitrogen and oxygen atoms in total. The molecule has 0 bridgehead atoms. The predicted octanol–water partition coefficient (Wildman–Crippen LogP) is 3.77. The highest BCUT2D eigenvalue weighted by Crippen LogP contribution is 2.27. The molecule has 1 N–H and O–H groups in total. The molecular weight excluding hydrogens is 364 g/mol. The zero-order valence-electron chi connectivity index (χ0n) is 11.0. The SMILES string of the molecule is C[C@@H](NS(=O)(=O)c1c(F)cc(F)cc1Br)c1ccccc1. The molecule has 0 saturated heterocycles. The largest absolute Gasteiger partial charge is 0.245 e. The summed E-state index contributed by atoms with van der Waals surface area (Å²) in [4.78, 5) is -0.605. The van der Waals surface area contributed by atoms with Crippen LogP contribution in [-0.4, -0.2) is 8.42 Å². The molecule has 0 aliphatic carbocycles. The van der Waals surface area contributed by atoms with Crippen LogP contribution in [0.5, 0.6) is 0 Å². The topological polar surface area (TPSA) is 46.2 Å². The first-order valence-electron chi connectivity index (χ1n) is 6.03. The van der Waals surface area contributed by atoms with Crippen LogP contribution in [0.15, 0.2) is 51.8 Å². The highest BCUT2D eigenvalue weighted by Gasteiger charge is 2.25. The summed E-state index contributed by atoms with van der Waals surface area (Å²) in [5.74, 6) is -2.00. The Balaban J connectivity index is 2.36. The molecule has 2 rings (SSSR count). The third kappa shape index (κ3) is 3.66. The van der Waals surface area contributed by atoms with Gasteiger partial charge < -0.3 is 0 Å². The lowest BCUT2D eigenvalue weighted by atomic mass is 10.1. The van der Waals surface area contributed by atoms with E-state index in [4.69, 9.17) is 0 Å². The number of nitrogens with one attached hydrogen (secondary N) is 1. The highest BCUT2D eigenvalue weighted by atomic mass is 79.9. The minimum absolute atomic E-state index is 0.159. The maximum absolute atomic E-state index is 13.8. The third-order valence-electron chi connectivity index (χ3n) is 2.86. The summed E-state index contributed by atoms with van der Waals surface area (Å²) in [7, 11) is -4.12. The minimum atomic E-state index is -4.12. The van der Waals surface area contributed by atoms with E-state index in [1.807, 2.05) is 0 Å². The molecule has 0 aromatic heterocycles. The van der Waals surface area contributed by atoms with Gasteiger partial charge in [-0.2, -0.15) is 0 Å². The van der Waals surface area contributed by atoms with Gasteiger partial charge in [0, 0.05) is 16.6 Å². The maximum Gasteiger partial charge on any atom is 0.245 e. The first kappa shape index (κ1) is 16.1. The van der Waals surface area contributed by atoms with Gasteiger partial charge in [0.25, 0.3) is 0 Å². The van der Waals surface area contributed by atoms with Gasteiger partial charge in [-0.05, 0) is 34.5 Å². The van der Waals surface area contributed by atoms with Crippen LogP contribution >= 0.6 is 15.9 Å². The minimum Gasteiger partial charge on any atom is -0.207 e. The highest BCUT2D eigenvalue weighted by molar-refractivity contribution is 9.10. The van der Waals surface area contributed by atoms with Crippen molar-refractivity contribution in [1.29, 1.82) is 0 Å². The van der Waals surface area contributed by atoms with E-state index < -0.39 is 32.6 Å². The summed E-state index contributed by atoms with van der Waals surface area (Å²) in [5, 5.41) is 0. The van der Waals surface area contributed by atoms with Crippen molar-refractivity contribution in [2.45, 2.75) is 17.9 Å². The van der Waals surface area contributed by atoms with Gasteiger partial charge in [0.05, 0.1) is 0 Å². The summed E-state index contributed by atoms with van der Waals surface area (Å²) in [6.07, 6.45) is 0. The average Bonchev–Trinajstić information content (AvgIpc) is 2.37. The van der Waals surface area contributed by atoms with Crippen LogP contribution in [0.4, 0.5) is 8.78 Å². The van der Waals surface area contributed by atoms with Crippen LogP contribution in [-0.2, 0) is 10.0 Å². The summed E-state index contributed by atoms with van der Waals surface area (Å²) < 4.78 is 53.6. The lowest BCUT2D eigenvalue weighted by Gasteiger charge is -2.16. The normalized spacial score (nSPS) is 13.1. The van der Waals surface area contributed by atoms with E-state index in [2.05, 4.69) is 20.7 Å². The molecule has 0 saturated carbocycles. The van der Waals surface area contributed by atoms with Crippen LogP contribution in [0.25, 0.3) is 0 Å². The Hall–Kier alpha value is -1.31. The van der Waals surface area contributed by atoms with Crippen LogP contribution in [0.1, 0.15) is 18.5 Å². The van der Waals surface area contributed by atoms with Crippen molar-refractivity contribution >= 4 is 26.0 Å². The smallest absolute Gasteiger partial charge is 0.207 e. The quantitative estimate of drug-likeness (QED) is 0.883. The van der Waals surface area contributed by atoms with Crippen LogP contribution in [0.3, 0.4) is 0 Å². The number of sulfonamides is 1. The second-order valence-corrected chi connectivity index (χ2v) is 6.96. The fourth-order valence-corrected chi connectivity index (χ4v) is 4.29. The van der Waals surface area contributed by atoms with Gasteiger partial charge >= 0.3 is 0 Å². The lowest BCUT2D eigenvalue weighted by Crippen LogP contribution is -2.28. The number of halogens is 3. The zero-order valence-corrected chi connectivity index (χ0v) is 13.4. The van der Waals surface area contributed by atoms with Crippen molar-refractivity contribution < 1.29 is 17.2 Å². The van der Waals surface area contributed by atoms with E-state index in [0.29, 0.717) is 6.07 Å². The van der Waals surface area contributed by atoms with E-state index in [9.17, 15) is 17.2 Å². The summed E-state index contributed by atoms with van der Waals surface area (Å²) in [5.41, 5.74) is 0.736. The number of hydrogen-bond donors (Lipinski definition) is 1. The Labute approximate surface area is 130 Å². The molecule has 0 radical (unpaired) electrons. The maximum atomic E-state index is 13.8. The van der Waals surface area contributed by atoms with E-state index in [1.54, 1.807) is 37.3 Å². The molecule has 0 fully saturated rings. The fourth-order valence-electron chi connectivity index (χ4n) is 1.89. The Morgan fingerprint density at radius 2 is 1.76 bits per heavy atom. The van der Waals surface area contributed by atoms with Crippen molar-refractivity contribution in [2.75, 3.05) is 0 Å². The molecule has 0 unspecified atom stereocenters. The van der Waals surface area contributed by atoms with E-state index in [0.717, 1.165) is 11.6 Å². The zero-order chi connectivity index (χ0) is 15.6. The Morgan fingerprint density at radius 3 is 2.33 bits per heavy atom. The Morgan fingerprint density at radius 1 is 1.14 bits per heavy atom. The molecule has 0 aliphatic heterocycles. The first-order valence-corrected chi connectivity index (χ1v) is 8.30. The molecule has 1 atom stereocenters. The van der Waals surface area contributed by atoms with Crippen molar-refractivity contribution in [2.24, 2.45) is 0 Å². The molecule has 2 aromatic rings. The molecule has 0 amide bonds. The number of hydrogen-bond acceptors (Lipinski definition) is 2. The molecule has 2 aromatic carbocycles. The second-order valence-electron chi connectivity index (χ2n) is 4.45. The molecule has 0 aliphatic rings. The van der Waals surface area contributed by atoms with E-state index >= 15 is 0 Å². The number of benzene rings is 2. The molecule has 0 spiro atoms.